The number of aliphatic carboxylic acids is 1. The summed E-state index contributed by atoms with van der Waals surface area (Å²) >= 11 is 0. The van der Waals surface area contributed by atoms with Crippen molar-refractivity contribution < 1.29 is 14.7 Å². The standard InChI is InChI=1S/C13H15N3O3/c1-9(13(18)19)15(2)12(17)7-16-8-14-10-5-3-4-6-11(10)16/h3-6,8-9H,7H2,1-2H3,(H,18,19). The van der Waals surface area contributed by atoms with Gasteiger partial charge in [0.2, 0.25) is 5.91 Å². The van der Waals surface area contributed by atoms with Crippen molar-refractivity contribution in [1.82, 2.24) is 14.5 Å². The predicted octanol–water partition coefficient (Wildman–Crippen LogP) is 0.968. The quantitative estimate of drug-likeness (QED) is 0.889. The molecule has 0 aliphatic rings. The first-order chi connectivity index (χ1) is 9.00. The minimum absolute atomic E-state index is 0.0780. The molecule has 100 valence electrons. The monoisotopic (exact) mass is 261 g/mol. The lowest BCUT2D eigenvalue weighted by atomic mass is 10.3. The van der Waals surface area contributed by atoms with E-state index in [1.165, 1.54) is 18.9 Å². The Morgan fingerprint density at radius 3 is 2.79 bits per heavy atom. The Morgan fingerprint density at radius 2 is 2.11 bits per heavy atom. The van der Waals surface area contributed by atoms with Crippen LogP contribution in [0.15, 0.2) is 30.6 Å². The van der Waals surface area contributed by atoms with Gasteiger partial charge < -0.3 is 14.6 Å². The maximum absolute atomic E-state index is 12.0. The van der Waals surface area contributed by atoms with E-state index in [1.807, 2.05) is 24.3 Å². The zero-order valence-electron chi connectivity index (χ0n) is 10.8. The summed E-state index contributed by atoms with van der Waals surface area (Å²) in [6.07, 6.45) is 1.59. The first-order valence-electron chi connectivity index (χ1n) is 5.89. The van der Waals surface area contributed by atoms with Gasteiger partial charge in [-0.1, -0.05) is 12.1 Å². The molecule has 1 aromatic heterocycles. The second-order valence-electron chi connectivity index (χ2n) is 4.38. The summed E-state index contributed by atoms with van der Waals surface area (Å²) in [4.78, 5) is 28.3. The van der Waals surface area contributed by atoms with Crippen LogP contribution in [0.1, 0.15) is 6.92 Å². The van der Waals surface area contributed by atoms with Gasteiger partial charge in [-0.25, -0.2) is 9.78 Å². The fourth-order valence-corrected chi connectivity index (χ4v) is 1.78. The SMILES string of the molecule is CC(C(=O)O)N(C)C(=O)Cn1cnc2ccccc21. The number of fused-ring (bicyclic) bond motifs is 1. The summed E-state index contributed by atoms with van der Waals surface area (Å²) < 4.78 is 1.71. The number of carboxylic acid groups (broad SMARTS) is 1. The zero-order chi connectivity index (χ0) is 14.0. The van der Waals surface area contributed by atoms with E-state index in [9.17, 15) is 9.59 Å². The summed E-state index contributed by atoms with van der Waals surface area (Å²) in [7, 11) is 1.49. The van der Waals surface area contributed by atoms with Crippen LogP contribution in [0, 0.1) is 0 Å². The Morgan fingerprint density at radius 1 is 1.42 bits per heavy atom. The van der Waals surface area contributed by atoms with E-state index in [2.05, 4.69) is 4.98 Å². The van der Waals surface area contributed by atoms with Crippen LogP contribution in [0.25, 0.3) is 11.0 Å². The van der Waals surface area contributed by atoms with Crippen molar-refractivity contribution >= 4 is 22.9 Å². The fraction of sp³-hybridized carbons (Fsp3) is 0.308. The van der Waals surface area contributed by atoms with E-state index in [0.29, 0.717) is 0 Å². The number of hydrogen-bond donors (Lipinski definition) is 1. The summed E-state index contributed by atoms with van der Waals surface area (Å²) in [5.41, 5.74) is 1.66. The van der Waals surface area contributed by atoms with Crippen molar-refractivity contribution in [3.8, 4) is 0 Å². The van der Waals surface area contributed by atoms with Gasteiger partial charge >= 0.3 is 5.97 Å². The van der Waals surface area contributed by atoms with Gasteiger partial charge in [0.05, 0.1) is 17.4 Å². The minimum atomic E-state index is -1.02. The molecule has 6 heteroatoms. The van der Waals surface area contributed by atoms with Crippen LogP contribution in [0.2, 0.25) is 0 Å². The van der Waals surface area contributed by atoms with Crippen LogP contribution in [0.4, 0.5) is 0 Å². The Bertz CT molecular complexity index is 620. The van der Waals surface area contributed by atoms with Crippen LogP contribution in [0.3, 0.4) is 0 Å². The lowest BCUT2D eigenvalue weighted by Gasteiger charge is -2.21. The number of rotatable bonds is 4. The highest BCUT2D eigenvalue weighted by atomic mass is 16.4. The molecule has 0 saturated carbocycles. The summed E-state index contributed by atoms with van der Waals surface area (Å²) in [6, 6.07) is 6.63. The number of aromatic nitrogens is 2. The third-order valence-electron chi connectivity index (χ3n) is 3.16. The highest BCUT2D eigenvalue weighted by Gasteiger charge is 2.21. The number of imidazole rings is 1. The maximum Gasteiger partial charge on any atom is 0.326 e. The van der Waals surface area contributed by atoms with Gasteiger partial charge in [-0.15, -0.1) is 0 Å². The van der Waals surface area contributed by atoms with E-state index in [4.69, 9.17) is 5.11 Å². The van der Waals surface area contributed by atoms with Crippen LogP contribution in [-0.4, -0.2) is 44.5 Å². The molecule has 1 N–H and O–H groups in total. The maximum atomic E-state index is 12.0. The van der Waals surface area contributed by atoms with Gasteiger partial charge in [0.25, 0.3) is 0 Å². The third kappa shape index (κ3) is 2.57. The van der Waals surface area contributed by atoms with Crippen molar-refractivity contribution in [3.05, 3.63) is 30.6 Å². The molecule has 2 aromatic rings. The molecule has 0 aliphatic carbocycles. The largest absolute Gasteiger partial charge is 0.480 e. The second kappa shape index (κ2) is 5.09. The highest BCUT2D eigenvalue weighted by Crippen LogP contribution is 2.12. The minimum Gasteiger partial charge on any atom is -0.480 e. The molecule has 0 spiro atoms. The molecule has 6 nitrogen and oxygen atoms in total. The lowest BCUT2D eigenvalue weighted by molar-refractivity contribution is -0.148. The Kier molecular flexibility index (Phi) is 3.50. The van der Waals surface area contributed by atoms with E-state index in [1.54, 1.807) is 10.9 Å². The normalized spacial score (nSPS) is 12.3. The average Bonchev–Trinajstić information content (AvgIpc) is 2.80. The average molecular weight is 261 g/mol. The van der Waals surface area contributed by atoms with E-state index < -0.39 is 12.0 Å². The molecule has 1 aromatic carbocycles. The molecule has 1 heterocycles. The third-order valence-corrected chi connectivity index (χ3v) is 3.16. The van der Waals surface area contributed by atoms with Gasteiger partial charge in [0, 0.05) is 7.05 Å². The Hall–Kier alpha value is -2.37. The van der Waals surface area contributed by atoms with Crippen molar-refractivity contribution in [1.29, 1.82) is 0 Å². The van der Waals surface area contributed by atoms with Gasteiger partial charge in [-0.3, -0.25) is 4.79 Å². The van der Waals surface area contributed by atoms with Gasteiger partial charge in [0.15, 0.2) is 0 Å². The van der Waals surface area contributed by atoms with Crippen LogP contribution in [0.5, 0.6) is 0 Å². The van der Waals surface area contributed by atoms with E-state index >= 15 is 0 Å². The number of amides is 1. The summed E-state index contributed by atoms with van der Waals surface area (Å²) in [6.45, 7) is 1.56. The van der Waals surface area contributed by atoms with Gasteiger partial charge in [-0.05, 0) is 19.1 Å². The van der Waals surface area contributed by atoms with E-state index in [0.717, 1.165) is 11.0 Å². The van der Waals surface area contributed by atoms with Gasteiger partial charge in [-0.2, -0.15) is 0 Å². The van der Waals surface area contributed by atoms with Crippen molar-refractivity contribution in [2.24, 2.45) is 0 Å². The number of carbonyl (C=O) groups is 2. The van der Waals surface area contributed by atoms with Crippen molar-refractivity contribution in [2.75, 3.05) is 7.05 Å². The number of carboxylic acids is 1. The first-order valence-corrected chi connectivity index (χ1v) is 5.89. The second-order valence-corrected chi connectivity index (χ2v) is 4.38. The van der Waals surface area contributed by atoms with E-state index in [-0.39, 0.29) is 12.5 Å². The predicted molar refractivity (Wildman–Crippen MR) is 69.6 cm³/mol. The number of para-hydroxylation sites is 2. The molecular formula is C13H15N3O3. The molecule has 2 rings (SSSR count). The molecule has 1 atom stereocenters. The van der Waals surface area contributed by atoms with Crippen LogP contribution in [-0.2, 0) is 16.1 Å². The van der Waals surface area contributed by atoms with Crippen LogP contribution >= 0.6 is 0 Å². The highest BCUT2D eigenvalue weighted by molar-refractivity contribution is 5.84. The lowest BCUT2D eigenvalue weighted by Crippen LogP contribution is -2.41. The van der Waals surface area contributed by atoms with Crippen LogP contribution < -0.4 is 0 Å². The number of benzene rings is 1. The Balaban J connectivity index is 2.17. The summed E-state index contributed by atoms with van der Waals surface area (Å²) in [5, 5.41) is 8.89. The molecule has 0 bridgehead atoms. The molecule has 0 saturated heterocycles. The number of carbonyl (C=O) groups excluding carboxylic acids is 1. The van der Waals surface area contributed by atoms with Crippen molar-refractivity contribution in [2.45, 2.75) is 19.5 Å². The first kappa shape index (κ1) is 13.1. The van der Waals surface area contributed by atoms with Crippen molar-refractivity contribution in [3.63, 3.8) is 0 Å². The zero-order valence-corrected chi connectivity index (χ0v) is 10.8. The topological polar surface area (TPSA) is 75.4 Å². The Labute approximate surface area is 110 Å². The smallest absolute Gasteiger partial charge is 0.326 e. The number of hydrogen-bond acceptors (Lipinski definition) is 3. The van der Waals surface area contributed by atoms with Gasteiger partial charge in [0.1, 0.15) is 12.6 Å². The molecule has 0 aliphatic heterocycles. The molecule has 0 radical (unpaired) electrons. The number of likely N-dealkylation sites (N-methyl/N-ethyl adjacent to an activating group) is 1. The number of nitrogens with zero attached hydrogens (tertiary/aromatic N) is 3. The molecule has 1 unspecified atom stereocenters. The molecular weight excluding hydrogens is 246 g/mol. The molecule has 1 amide bonds. The molecule has 0 fully saturated rings. The summed E-state index contributed by atoms with van der Waals surface area (Å²) in [5.74, 6) is -1.29. The molecule has 19 heavy (non-hydrogen) atoms. The fourth-order valence-electron chi connectivity index (χ4n) is 1.78.